The molecule has 4 rings (SSSR count). The zero-order valence-corrected chi connectivity index (χ0v) is 22.5. The maximum atomic E-state index is 12.5. The van der Waals surface area contributed by atoms with E-state index in [0.29, 0.717) is 28.3 Å². The number of carbonyl (C=O) groups is 4. The Hall–Kier alpha value is -5.99. The summed E-state index contributed by atoms with van der Waals surface area (Å²) in [4.78, 5) is 58.3. The second-order valence-electron chi connectivity index (χ2n) is 8.98. The van der Waals surface area contributed by atoms with E-state index in [0.717, 1.165) is 4.90 Å². The van der Waals surface area contributed by atoms with Gasteiger partial charge in [0, 0.05) is 23.4 Å². The molecule has 222 valence electrons. The van der Waals surface area contributed by atoms with Gasteiger partial charge in [-0.15, -0.1) is 0 Å². The molecular weight excluding hydrogens is 566 g/mol. The van der Waals surface area contributed by atoms with Crippen molar-refractivity contribution in [2.45, 2.75) is 19.4 Å². The number of hydrazone groups is 1. The predicted octanol–water partition coefficient (Wildman–Crippen LogP) is 3.92. The smallest absolute Gasteiger partial charge is 0.413 e. The lowest BCUT2D eigenvalue weighted by atomic mass is 10.1. The van der Waals surface area contributed by atoms with Crippen LogP contribution in [0.3, 0.4) is 0 Å². The molecule has 0 spiro atoms. The van der Waals surface area contributed by atoms with Gasteiger partial charge in [0.15, 0.2) is 6.73 Å². The minimum atomic E-state index is -1.09. The fourth-order valence-electron chi connectivity index (χ4n) is 3.70. The monoisotopic (exact) mass is 591 g/mol. The molecule has 0 bridgehead atoms. The summed E-state index contributed by atoms with van der Waals surface area (Å²) in [5.74, 6) is -1.11. The number of carbonyl (C=O) groups excluding carboxylic acids is 3. The third-order valence-electron chi connectivity index (χ3n) is 5.98. The fraction of sp³-hybridized carbons (Fsp3) is 0.179. The summed E-state index contributed by atoms with van der Waals surface area (Å²) in [5, 5.41) is 27.5. The Labute approximate surface area is 243 Å². The van der Waals surface area contributed by atoms with Crippen molar-refractivity contribution < 1.29 is 43.1 Å². The number of rotatable bonds is 12. The largest absolute Gasteiger partial charge is 0.481 e. The molecule has 0 saturated carbocycles. The lowest BCUT2D eigenvalue weighted by molar-refractivity contribution is -0.384. The molecule has 3 aromatic rings. The minimum Gasteiger partial charge on any atom is -0.481 e. The molecule has 2 amide bonds. The van der Waals surface area contributed by atoms with Gasteiger partial charge in [-0.3, -0.25) is 34.7 Å². The number of ether oxygens (including phenoxy) is 2. The minimum absolute atomic E-state index is 0.0381. The van der Waals surface area contributed by atoms with Crippen LogP contribution in [0, 0.1) is 10.1 Å². The number of non-ortho nitro benzene ring substituents is 1. The van der Waals surface area contributed by atoms with Crippen molar-refractivity contribution in [3.8, 4) is 11.3 Å². The Bertz CT molecular complexity index is 1560. The van der Waals surface area contributed by atoms with Crippen LogP contribution in [0.1, 0.15) is 24.2 Å². The first-order valence-electron chi connectivity index (χ1n) is 12.6. The number of anilines is 1. The first kappa shape index (κ1) is 30.0. The van der Waals surface area contributed by atoms with E-state index in [2.05, 4.69) is 17.0 Å². The van der Waals surface area contributed by atoms with Crippen molar-refractivity contribution in [1.29, 1.82) is 0 Å². The van der Waals surface area contributed by atoms with Gasteiger partial charge in [0.05, 0.1) is 24.0 Å². The van der Waals surface area contributed by atoms with Crippen molar-refractivity contribution in [2.24, 2.45) is 5.10 Å². The van der Waals surface area contributed by atoms with Crippen molar-refractivity contribution >= 4 is 41.5 Å². The summed E-state index contributed by atoms with van der Waals surface area (Å²) in [7, 11) is 0. The number of aliphatic carboxylic acids is 1. The molecule has 0 aliphatic carbocycles. The van der Waals surface area contributed by atoms with E-state index in [4.69, 9.17) is 19.0 Å². The van der Waals surface area contributed by atoms with Crippen LogP contribution in [0.15, 0.2) is 82.6 Å². The molecule has 1 aliphatic heterocycles. The summed E-state index contributed by atoms with van der Waals surface area (Å²) >= 11 is 0. The molecule has 2 aromatic carbocycles. The van der Waals surface area contributed by atoms with E-state index < -0.39 is 35.6 Å². The summed E-state index contributed by atoms with van der Waals surface area (Å²) in [6.07, 6.45) is 0.00818. The number of nitrogens with one attached hydrogen (secondary N) is 1. The summed E-state index contributed by atoms with van der Waals surface area (Å²) in [6.45, 7) is 3.23. The number of nitro groups is 1. The van der Waals surface area contributed by atoms with Gasteiger partial charge in [-0.05, 0) is 42.0 Å². The lowest BCUT2D eigenvalue weighted by Gasteiger charge is -2.18. The van der Waals surface area contributed by atoms with Gasteiger partial charge in [-0.25, -0.2) is 9.80 Å². The molecular formula is C28H25N5O10. The molecule has 1 fully saturated rings. The highest BCUT2D eigenvalue weighted by Gasteiger charge is 2.32. The first-order valence-corrected chi connectivity index (χ1v) is 12.6. The molecule has 0 radical (unpaired) electrons. The number of nitrogens with zero attached hydrogens (tertiary/aromatic N) is 4. The second-order valence-corrected chi connectivity index (χ2v) is 8.98. The SMILES string of the molecule is C=C1N(/N=C/c2ccc(-c3ccc([N+](=O)[O-])cc3)o2)CC(=O)N1COC(=O)Nc1ccc(COC(=O)CCC(=O)O)cc1. The summed E-state index contributed by atoms with van der Waals surface area (Å²) in [5.41, 5.74) is 1.61. The molecule has 0 atom stereocenters. The number of esters is 1. The number of hydrogen-bond donors (Lipinski definition) is 2. The van der Waals surface area contributed by atoms with Crippen LogP contribution in [0.4, 0.5) is 16.2 Å². The van der Waals surface area contributed by atoms with E-state index >= 15 is 0 Å². The van der Waals surface area contributed by atoms with Crippen LogP contribution < -0.4 is 5.32 Å². The Morgan fingerprint density at radius 3 is 2.47 bits per heavy atom. The third-order valence-corrected chi connectivity index (χ3v) is 5.98. The molecule has 1 aliphatic rings. The van der Waals surface area contributed by atoms with Crippen molar-refractivity contribution in [1.82, 2.24) is 9.91 Å². The summed E-state index contributed by atoms with van der Waals surface area (Å²) in [6, 6.07) is 15.5. The topological polar surface area (TPSA) is 194 Å². The quantitative estimate of drug-likeness (QED) is 0.134. The van der Waals surface area contributed by atoms with E-state index in [1.165, 1.54) is 23.4 Å². The van der Waals surface area contributed by atoms with Gasteiger partial charge < -0.3 is 19.0 Å². The molecule has 2 heterocycles. The standard InChI is InChI=1S/C28H25N5O10/c1-18-31(17-42-28(38)30-21-6-2-19(3-7-21)16-41-27(37)13-12-26(35)36)25(34)15-32(18)29-14-23-10-11-24(43-23)20-4-8-22(9-5-20)33(39)40/h2-11,14H,1,12-13,15-17H2,(H,30,38)(H,35,36)/b29-14+. The van der Waals surface area contributed by atoms with Gasteiger partial charge in [-0.1, -0.05) is 18.7 Å². The van der Waals surface area contributed by atoms with Gasteiger partial charge in [-0.2, -0.15) is 5.10 Å². The van der Waals surface area contributed by atoms with Crippen LogP contribution in [-0.4, -0.2) is 63.4 Å². The molecule has 1 aromatic heterocycles. The average Bonchev–Trinajstić information content (AvgIpc) is 3.57. The number of amides is 2. The zero-order chi connectivity index (χ0) is 30.9. The van der Waals surface area contributed by atoms with Crippen LogP contribution in [0.5, 0.6) is 0 Å². The lowest BCUT2D eigenvalue weighted by Crippen LogP contribution is -2.30. The summed E-state index contributed by atoms with van der Waals surface area (Å²) < 4.78 is 15.9. The van der Waals surface area contributed by atoms with Crippen LogP contribution in [-0.2, 0) is 30.5 Å². The molecule has 0 unspecified atom stereocenters. The van der Waals surface area contributed by atoms with Crippen molar-refractivity contribution in [3.63, 3.8) is 0 Å². The normalized spacial score (nSPS) is 12.9. The Kier molecular flexibility index (Phi) is 9.47. The highest BCUT2D eigenvalue weighted by atomic mass is 16.6. The number of nitro benzene ring substituents is 1. The van der Waals surface area contributed by atoms with E-state index in [9.17, 15) is 29.3 Å². The maximum Gasteiger partial charge on any atom is 0.413 e. The maximum absolute atomic E-state index is 12.5. The number of benzene rings is 2. The van der Waals surface area contributed by atoms with E-state index in [1.54, 1.807) is 48.5 Å². The second kappa shape index (κ2) is 13.6. The van der Waals surface area contributed by atoms with Crippen LogP contribution >= 0.6 is 0 Å². The Balaban J connectivity index is 1.23. The van der Waals surface area contributed by atoms with Gasteiger partial charge in [0.25, 0.3) is 11.6 Å². The Morgan fingerprint density at radius 2 is 1.79 bits per heavy atom. The molecule has 43 heavy (non-hydrogen) atoms. The highest BCUT2D eigenvalue weighted by molar-refractivity contribution is 5.86. The van der Waals surface area contributed by atoms with Crippen LogP contribution in [0.25, 0.3) is 11.3 Å². The van der Waals surface area contributed by atoms with Crippen LogP contribution in [0.2, 0.25) is 0 Å². The predicted molar refractivity (Wildman–Crippen MR) is 149 cm³/mol. The number of hydrogen-bond acceptors (Lipinski definition) is 11. The van der Waals surface area contributed by atoms with Crippen molar-refractivity contribution in [3.05, 3.63) is 94.5 Å². The number of furan rings is 1. The molecule has 1 saturated heterocycles. The van der Waals surface area contributed by atoms with E-state index in [-0.39, 0.29) is 37.5 Å². The third kappa shape index (κ3) is 8.26. The molecule has 15 nitrogen and oxygen atoms in total. The van der Waals surface area contributed by atoms with E-state index in [1.807, 2.05) is 0 Å². The number of carboxylic acids is 1. The highest BCUT2D eigenvalue weighted by Crippen LogP contribution is 2.25. The Morgan fingerprint density at radius 1 is 1.07 bits per heavy atom. The van der Waals surface area contributed by atoms with Gasteiger partial charge in [0.2, 0.25) is 0 Å². The fourth-order valence-corrected chi connectivity index (χ4v) is 3.70. The molecule has 15 heteroatoms. The molecule has 2 N–H and O–H groups in total. The van der Waals surface area contributed by atoms with Gasteiger partial charge >= 0.3 is 18.0 Å². The van der Waals surface area contributed by atoms with Crippen molar-refractivity contribution in [2.75, 3.05) is 18.6 Å². The average molecular weight is 592 g/mol. The first-order chi connectivity index (χ1) is 20.6. The number of carboxylic acid groups (broad SMARTS) is 1. The zero-order valence-electron chi connectivity index (χ0n) is 22.5. The van der Waals surface area contributed by atoms with Gasteiger partial charge in [0.1, 0.15) is 30.5 Å².